The maximum atomic E-state index is 13.4. The van der Waals surface area contributed by atoms with Crippen LogP contribution in [0.2, 0.25) is 0 Å². The van der Waals surface area contributed by atoms with Gasteiger partial charge in [0.2, 0.25) is 0 Å². The number of fused-ring (bicyclic) bond motifs is 1. The molecule has 0 unspecified atom stereocenters. The standard InChI is InChI=1S/C21H18F2N2O3S/c22-16-8-7-13(10-17(16)23)19(26)12-29-21-24-18-6-2-1-5-15(18)20(27)25(21)11-14-4-3-9-28-14/h1-2,5-8,10,14H,3-4,9,11-12H2/t14-/m1/s1. The van der Waals surface area contributed by atoms with Gasteiger partial charge < -0.3 is 4.74 Å². The second-order valence-corrected chi connectivity index (χ2v) is 7.75. The van der Waals surface area contributed by atoms with Gasteiger partial charge in [0, 0.05) is 12.2 Å². The maximum absolute atomic E-state index is 13.4. The topological polar surface area (TPSA) is 61.2 Å². The fourth-order valence-corrected chi connectivity index (χ4v) is 4.20. The van der Waals surface area contributed by atoms with Crippen molar-refractivity contribution in [3.63, 3.8) is 0 Å². The maximum Gasteiger partial charge on any atom is 0.262 e. The Morgan fingerprint density at radius 1 is 1.21 bits per heavy atom. The number of halogens is 2. The summed E-state index contributed by atoms with van der Waals surface area (Å²) in [5, 5.41) is 0.905. The number of nitrogens with zero attached hydrogens (tertiary/aromatic N) is 2. The van der Waals surface area contributed by atoms with Crippen molar-refractivity contribution in [2.45, 2.75) is 30.6 Å². The Labute approximate surface area is 169 Å². The van der Waals surface area contributed by atoms with E-state index in [1.807, 2.05) is 0 Å². The molecule has 4 rings (SSSR count). The smallest absolute Gasteiger partial charge is 0.262 e. The van der Waals surface area contributed by atoms with Gasteiger partial charge in [-0.3, -0.25) is 14.2 Å². The van der Waals surface area contributed by atoms with Crippen LogP contribution in [-0.2, 0) is 11.3 Å². The number of hydrogen-bond acceptors (Lipinski definition) is 5. The highest BCUT2D eigenvalue weighted by molar-refractivity contribution is 7.99. The van der Waals surface area contributed by atoms with E-state index in [0.717, 1.165) is 36.7 Å². The zero-order valence-corrected chi connectivity index (χ0v) is 16.3. The number of thioether (sulfide) groups is 1. The molecule has 3 aromatic rings. The molecule has 0 saturated carbocycles. The van der Waals surface area contributed by atoms with Crippen LogP contribution in [0.15, 0.2) is 52.4 Å². The van der Waals surface area contributed by atoms with Crippen molar-refractivity contribution in [2.75, 3.05) is 12.4 Å². The predicted octanol–water partition coefficient (Wildman–Crippen LogP) is 3.83. The second kappa shape index (κ2) is 8.42. The summed E-state index contributed by atoms with van der Waals surface area (Å²) in [5.41, 5.74) is 0.433. The van der Waals surface area contributed by atoms with Gasteiger partial charge >= 0.3 is 0 Å². The molecule has 1 saturated heterocycles. The van der Waals surface area contributed by atoms with Crippen LogP contribution < -0.4 is 5.56 Å². The zero-order valence-electron chi connectivity index (χ0n) is 15.4. The van der Waals surface area contributed by atoms with Crippen molar-refractivity contribution >= 4 is 28.4 Å². The molecule has 1 aromatic heterocycles. The van der Waals surface area contributed by atoms with E-state index in [9.17, 15) is 18.4 Å². The fourth-order valence-electron chi connectivity index (χ4n) is 3.29. The van der Waals surface area contributed by atoms with Crippen molar-refractivity contribution in [3.05, 3.63) is 70.0 Å². The summed E-state index contributed by atoms with van der Waals surface area (Å²) >= 11 is 1.10. The average molecular weight is 416 g/mol. The monoisotopic (exact) mass is 416 g/mol. The van der Waals surface area contributed by atoms with Crippen LogP contribution in [0.3, 0.4) is 0 Å². The molecule has 1 aliphatic rings. The number of carbonyl (C=O) groups excluding carboxylic acids is 1. The molecule has 0 radical (unpaired) electrons. The molecule has 1 aliphatic heterocycles. The van der Waals surface area contributed by atoms with Crippen LogP contribution in [-0.4, -0.2) is 33.8 Å². The third kappa shape index (κ3) is 4.23. The van der Waals surface area contributed by atoms with Gasteiger partial charge in [0.15, 0.2) is 22.6 Å². The molecule has 0 bridgehead atoms. The Kier molecular flexibility index (Phi) is 5.73. The van der Waals surface area contributed by atoms with Crippen molar-refractivity contribution in [2.24, 2.45) is 0 Å². The number of Topliss-reactive ketones (excluding diaryl/α,β-unsaturated/α-hetero) is 1. The van der Waals surface area contributed by atoms with Crippen molar-refractivity contribution in [3.8, 4) is 0 Å². The molecule has 1 atom stereocenters. The van der Waals surface area contributed by atoms with E-state index in [1.165, 1.54) is 6.07 Å². The van der Waals surface area contributed by atoms with E-state index < -0.39 is 11.6 Å². The molecule has 2 heterocycles. The molecule has 29 heavy (non-hydrogen) atoms. The van der Waals surface area contributed by atoms with E-state index in [-0.39, 0.29) is 28.8 Å². The van der Waals surface area contributed by atoms with E-state index >= 15 is 0 Å². The molecule has 2 aromatic carbocycles. The normalized spacial score (nSPS) is 16.4. The largest absolute Gasteiger partial charge is 0.376 e. The Bertz CT molecular complexity index is 1130. The number of carbonyl (C=O) groups is 1. The van der Waals surface area contributed by atoms with Gasteiger partial charge in [0.05, 0.1) is 29.3 Å². The second-order valence-electron chi connectivity index (χ2n) is 6.80. The minimum atomic E-state index is -1.07. The number of para-hydroxylation sites is 1. The van der Waals surface area contributed by atoms with Gasteiger partial charge in [-0.05, 0) is 43.2 Å². The van der Waals surface area contributed by atoms with Gasteiger partial charge in [-0.2, -0.15) is 0 Å². The molecule has 5 nitrogen and oxygen atoms in total. The van der Waals surface area contributed by atoms with Crippen LogP contribution >= 0.6 is 11.8 Å². The summed E-state index contributed by atoms with van der Waals surface area (Å²) in [7, 11) is 0. The minimum Gasteiger partial charge on any atom is -0.376 e. The van der Waals surface area contributed by atoms with Gasteiger partial charge in [-0.25, -0.2) is 13.8 Å². The van der Waals surface area contributed by atoms with Crippen LogP contribution in [0, 0.1) is 11.6 Å². The first kappa shape index (κ1) is 19.7. The Hall–Kier alpha value is -2.58. The lowest BCUT2D eigenvalue weighted by Gasteiger charge is -2.16. The minimum absolute atomic E-state index is 0.0542. The van der Waals surface area contributed by atoms with E-state index in [0.29, 0.717) is 29.2 Å². The quantitative estimate of drug-likeness (QED) is 0.347. The molecular formula is C21H18F2N2O3S. The highest BCUT2D eigenvalue weighted by Gasteiger charge is 2.21. The van der Waals surface area contributed by atoms with Crippen molar-refractivity contribution < 1.29 is 18.3 Å². The first-order valence-electron chi connectivity index (χ1n) is 9.25. The summed E-state index contributed by atoms with van der Waals surface area (Å²) < 4.78 is 33.7. The Balaban J connectivity index is 1.63. The lowest BCUT2D eigenvalue weighted by Crippen LogP contribution is -2.29. The van der Waals surface area contributed by atoms with Gasteiger partial charge in [-0.1, -0.05) is 23.9 Å². The van der Waals surface area contributed by atoms with E-state index in [1.54, 1.807) is 28.8 Å². The number of rotatable bonds is 6. The summed E-state index contributed by atoms with van der Waals surface area (Å²) in [6, 6.07) is 10.1. The summed E-state index contributed by atoms with van der Waals surface area (Å²) in [6.07, 6.45) is 1.73. The molecule has 1 fully saturated rings. The number of ether oxygens (including phenoxy) is 1. The van der Waals surface area contributed by atoms with Crippen LogP contribution in [0.4, 0.5) is 8.78 Å². The van der Waals surface area contributed by atoms with Crippen LogP contribution in [0.25, 0.3) is 10.9 Å². The van der Waals surface area contributed by atoms with Crippen molar-refractivity contribution in [1.82, 2.24) is 9.55 Å². The number of benzene rings is 2. The molecular weight excluding hydrogens is 398 g/mol. The molecule has 150 valence electrons. The molecule has 0 N–H and O–H groups in total. The van der Waals surface area contributed by atoms with E-state index in [4.69, 9.17) is 4.74 Å². The number of hydrogen-bond donors (Lipinski definition) is 0. The predicted molar refractivity (Wildman–Crippen MR) is 106 cm³/mol. The third-order valence-electron chi connectivity index (χ3n) is 4.81. The van der Waals surface area contributed by atoms with Crippen LogP contribution in [0.1, 0.15) is 23.2 Å². The fraction of sp³-hybridized carbons (Fsp3) is 0.286. The van der Waals surface area contributed by atoms with Crippen LogP contribution in [0.5, 0.6) is 0 Å². The zero-order chi connectivity index (χ0) is 20.4. The summed E-state index contributed by atoms with van der Waals surface area (Å²) in [6.45, 7) is 1.02. The lowest BCUT2D eigenvalue weighted by atomic mass is 10.1. The van der Waals surface area contributed by atoms with Gasteiger partial charge in [-0.15, -0.1) is 0 Å². The van der Waals surface area contributed by atoms with E-state index in [2.05, 4.69) is 4.98 Å². The van der Waals surface area contributed by atoms with Gasteiger partial charge in [0.25, 0.3) is 5.56 Å². The SMILES string of the molecule is O=C(CSc1nc2ccccc2c(=O)n1C[C@H]1CCCO1)c1ccc(F)c(F)c1. The first-order valence-corrected chi connectivity index (χ1v) is 10.2. The molecule has 8 heteroatoms. The Morgan fingerprint density at radius 2 is 2.03 bits per heavy atom. The molecule has 0 spiro atoms. The molecule has 0 amide bonds. The summed E-state index contributed by atoms with van der Waals surface area (Å²) in [5.74, 6) is -2.50. The third-order valence-corrected chi connectivity index (χ3v) is 5.79. The highest BCUT2D eigenvalue weighted by Crippen LogP contribution is 2.22. The average Bonchev–Trinajstić information content (AvgIpc) is 3.24. The summed E-state index contributed by atoms with van der Waals surface area (Å²) in [4.78, 5) is 30.0. The first-order chi connectivity index (χ1) is 14.0. The highest BCUT2D eigenvalue weighted by atomic mass is 32.2. The lowest BCUT2D eigenvalue weighted by molar-refractivity contribution is 0.0937. The molecule has 0 aliphatic carbocycles. The van der Waals surface area contributed by atoms with Crippen molar-refractivity contribution in [1.29, 1.82) is 0 Å². The van der Waals surface area contributed by atoms with Gasteiger partial charge in [0.1, 0.15) is 0 Å². The Morgan fingerprint density at radius 3 is 2.79 bits per heavy atom. The number of aromatic nitrogens is 2. The number of ketones is 1.